The van der Waals surface area contributed by atoms with Gasteiger partial charge in [-0.25, -0.2) is 4.39 Å². The molecule has 0 radical (unpaired) electrons. The van der Waals surface area contributed by atoms with Gasteiger partial charge in [0, 0.05) is 18.8 Å². The highest BCUT2D eigenvalue weighted by Gasteiger charge is 2.28. The molecule has 0 fully saturated rings. The summed E-state index contributed by atoms with van der Waals surface area (Å²) >= 11 is 0. The zero-order chi connectivity index (χ0) is 13.8. The van der Waals surface area contributed by atoms with Crippen LogP contribution in [-0.4, -0.2) is 29.7 Å². The molecule has 0 aliphatic rings. The molecule has 1 unspecified atom stereocenters. The zero-order valence-electron chi connectivity index (χ0n) is 10.7. The maximum Gasteiger partial charge on any atom is 0.323 e. The first kappa shape index (κ1) is 14.4. The third kappa shape index (κ3) is 3.70. The van der Waals surface area contributed by atoms with Crippen molar-refractivity contribution >= 4 is 11.7 Å². The fraction of sp³-hybridized carbons (Fsp3) is 0.462. The Bertz CT molecular complexity index is 404. The van der Waals surface area contributed by atoms with E-state index in [1.54, 1.807) is 12.1 Å². The van der Waals surface area contributed by atoms with Gasteiger partial charge in [-0.1, -0.05) is 0 Å². The van der Waals surface area contributed by atoms with Crippen LogP contribution in [0.4, 0.5) is 10.1 Å². The average Bonchev–Trinajstić information content (AvgIpc) is 2.31. The Morgan fingerprint density at radius 3 is 2.44 bits per heavy atom. The molecule has 0 aromatic heterocycles. The van der Waals surface area contributed by atoms with E-state index in [0.29, 0.717) is 19.5 Å². The van der Waals surface area contributed by atoms with E-state index in [1.807, 2.05) is 11.8 Å². The molecule has 1 atom stereocenters. The molecule has 1 aromatic rings. The second kappa shape index (κ2) is 5.82. The number of nitrogens with zero attached hydrogens (tertiary/aromatic N) is 1. The summed E-state index contributed by atoms with van der Waals surface area (Å²) in [6, 6.07) is 6.12. The molecule has 100 valence electrons. The van der Waals surface area contributed by atoms with Crippen molar-refractivity contribution in [3.63, 3.8) is 0 Å². The number of hydrogen-bond acceptors (Lipinski definition) is 3. The van der Waals surface area contributed by atoms with Gasteiger partial charge in [-0.05, 0) is 44.5 Å². The summed E-state index contributed by atoms with van der Waals surface area (Å²) in [6.07, 6.45) is 0.327. The number of anilines is 1. The van der Waals surface area contributed by atoms with Crippen LogP contribution in [0.3, 0.4) is 0 Å². The lowest BCUT2D eigenvalue weighted by Crippen LogP contribution is -2.47. The minimum Gasteiger partial charge on any atom is -0.480 e. The number of rotatable bonds is 6. The number of carboxylic acids is 1. The smallest absolute Gasteiger partial charge is 0.323 e. The molecule has 3 N–H and O–H groups in total. The van der Waals surface area contributed by atoms with Crippen LogP contribution >= 0.6 is 0 Å². The van der Waals surface area contributed by atoms with Crippen molar-refractivity contribution in [3.8, 4) is 0 Å². The van der Waals surface area contributed by atoms with Gasteiger partial charge < -0.3 is 15.7 Å². The molecule has 1 aromatic carbocycles. The number of carbonyl (C=O) groups is 1. The van der Waals surface area contributed by atoms with Crippen LogP contribution in [0.1, 0.15) is 20.3 Å². The number of nitrogens with two attached hydrogens (primary N) is 1. The second-order valence-corrected chi connectivity index (χ2v) is 4.53. The van der Waals surface area contributed by atoms with Crippen LogP contribution in [0.2, 0.25) is 0 Å². The Morgan fingerprint density at radius 2 is 2.00 bits per heavy atom. The van der Waals surface area contributed by atoms with Crippen LogP contribution < -0.4 is 10.6 Å². The third-order valence-electron chi connectivity index (χ3n) is 2.96. The van der Waals surface area contributed by atoms with Gasteiger partial charge in [-0.15, -0.1) is 0 Å². The van der Waals surface area contributed by atoms with E-state index < -0.39 is 11.5 Å². The van der Waals surface area contributed by atoms with Gasteiger partial charge in [0.1, 0.15) is 11.4 Å². The lowest BCUT2D eigenvalue weighted by molar-refractivity contribution is -0.142. The zero-order valence-corrected chi connectivity index (χ0v) is 10.7. The molecule has 1 rings (SSSR count). The molecule has 0 spiro atoms. The van der Waals surface area contributed by atoms with Gasteiger partial charge in [-0.3, -0.25) is 4.79 Å². The third-order valence-corrected chi connectivity index (χ3v) is 2.96. The van der Waals surface area contributed by atoms with Crippen LogP contribution in [-0.2, 0) is 4.79 Å². The molecule has 0 heterocycles. The highest BCUT2D eigenvalue weighted by atomic mass is 19.1. The molecule has 0 aliphatic carbocycles. The topological polar surface area (TPSA) is 66.6 Å². The molecule has 0 saturated carbocycles. The predicted molar refractivity (Wildman–Crippen MR) is 69.1 cm³/mol. The maximum atomic E-state index is 12.8. The number of hydrogen-bond donors (Lipinski definition) is 2. The fourth-order valence-corrected chi connectivity index (χ4v) is 1.60. The summed E-state index contributed by atoms with van der Waals surface area (Å²) in [4.78, 5) is 12.9. The number of benzene rings is 1. The van der Waals surface area contributed by atoms with Crippen molar-refractivity contribution in [1.29, 1.82) is 0 Å². The lowest BCUT2D eigenvalue weighted by atomic mass is 9.99. The Hall–Kier alpha value is -1.62. The quantitative estimate of drug-likeness (QED) is 0.813. The number of aliphatic carboxylic acids is 1. The molecular formula is C13H19FN2O2. The Balaban J connectivity index is 2.68. The normalized spacial score (nSPS) is 14.0. The van der Waals surface area contributed by atoms with Crippen molar-refractivity contribution < 1.29 is 14.3 Å². The van der Waals surface area contributed by atoms with Crippen LogP contribution in [0.15, 0.2) is 24.3 Å². The van der Waals surface area contributed by atoms with E-state index in [2.05, 4.69) is 0 Å². The van der Waals surface area contributed by atoms with Crippen molar-refractivity contribution in [1.82, 2.24) is 0 Å². The fourth-order valence-electron chi connectivity index (χ4n) is 1.60. The summed E-state index contributed by atoms with van der Waals surface area (Å²) in [7, 11) is 0. The Morgan fingerprint density at radius 1 is 1.44 bits per heavy atom. The van der Waals surface area contributed by atoms with Crippen LogP contribution in [0.5, 0.6) is 0 Å². The minimum absolute atomic E-state index is 0.288. The average molecular weight is 254 g/mol. The van der Waals surface area contributed by atoms with Gasteiger partial charge in [-0.2, -0.15) is 0 Å². The summed E-state index contributed by atoms with van der Waals surface area (Å²) < 4.78 is 12.8. The van der Waals surface area contributed by atoms with Crippen molar-refractivity contribution in [3.05, 3.63) is 30.1 Å². The minimum atomic E-state index is -1.24. The highest BCUT2D eigenvalue weighted by Crippen LogP contribution is 2.17. The second-order valence-electron chi connectivity index (χ2n) is 4.53. The molecule has 0 amide bonds. The maximum absolute atomic E-state index is 12.8. The summed E-state index contributed by atoms with van der Waals surface area (Å²) in [5.41, 5.74) is 5.30. The molecular weight excluding hydrogens is 235 g/mol. The van der Waals surface area contributed by atoms with Crippen LogP contribution in [0, 0.1) is 5.82 Å². The highest BCUT2D eigenvalue weighted by molar-refractivity contribution is 5.77. The number of carboxylic acid groups (broad SMARTS) is 1. The van der Waals surface area contributed by atoms with Gasteiger partial charge in [0.05, 0.1) is 0 Å². The molecule has 18 heavy (non-hydrogen) atoms. The molecule has 5 heteroatoms. The van der Waals surface area contributed by atoms with E-state index in [9.17, 15) is 9.18 Å². The molecule has 0 saturated heterocycles. The largest absolute Gasteiger partial charge is 0.480 e. The van der Waals surface area contributed by atoms with Gasteiger partial charge >= 0.3 is 5.97 Å². The first-order valence-electron chi connectivity index (χ1n) is 5.89. The van der Waals surface area contributed by atoms with E-state index in [4.69, 9.17) is 10.8 Å². The Kier molecular flexibility index (Phi) is 4.67. The number of halogens is 1. The molecule has 0 aliphatic heterocycles. The monoisotopic (exact) mass is 254 g/mol. The summed E-state index contributed by atoms with van der Waals surface area (Å²) in [6.45, 7) is 4.68. The van der Waals surface area contributed by atoms with E-state index in [1.165, 1.54) is 19.1 Å². The Labute approximate surface area is 106 Å². The van der Waals surface area contributed by atoms with E-state index in [-0.39, 0.29) is 5.82 Å². The van der Waals surface area contributed by atoms with E-state index >= 15 is 0 Å². The standard InChI is InChI=1S/C13H19FN2O2/c1-3-16(9-8-13(2,15)12(17)18)11-6-4-10(14)5-7-11/h4-7H,3,8-9,15H2,1-2H3,(H,17,18). The summed E-state index contributed by atoms with van der Waals surface area (Å²) in [5, 5.41) is 8.94. The van der Waals surface area contributed by atoms with Gasteiger partial charge in [0.25, 0.3) is 0 Å². The summed E-state index contributed by atoms with van der Waals surface area (Å²) in [5.74, 6) is -1.30. The first-order chi connectivity index (χ1) is 8.36. The SMILES string of the molecule is CCN(CCC(C)(N)C(=O)O)c1ccc(F)cc1. The van der Waals surface area contributed by atoms with Crippen molar-refractivity contribution in [2.24, 2.45) is 5.73 Å². The van der Waals surface area contributed by atoms with Gasteiger partial charge in [0.2, 0.25) is 0 Å². The van der Waals surface area contributed by atoms with E-state index in [0.717, 1.165) is 5.69 Å². The molecule has 0 bridgehead atoms. The lowest BCUT2D eigenvalue weighted by Gasteiger charge is -2.27. The predicted octanol–water partition coefficient (Wildman–Crippen LogP) is 1.84. The van der Waals surface area contributed by atoms with Crippen LogP contribution in [0.25, 0.3) is 0 Å². The first-order valence-corrected chi connectivity index (χ1v) is 5.89. The van der Waals surface area contributed by atoms with Gasteiger partial charge in [0.15, 0.2) is 0 Å². The van der Waals surface area contributed by atoms with Crippen molar-refractivity contribution in [2.75, 3.05) is 18.0 Å². The molecule has 4 nitrogen and oxygen atoms in total. The van der Waals surface area contributed by atoms with Crippen molar-refractivity contribution in [2.45, 2.75) is 25.8 Å².